The van der Waals surface area contributed by atoms with Gasteiger partial charge in [-0.25, -0.2) is 9.97 Å². The van der Waals surface area contributed by atoms with Gasteiger partial charge in [0.05, 0.1) is 22.8 Å². The molecule has 2 aliphatic heterocycles. The van der Waals surface area contributed by atoms with Gasteiger partial charge in [0.15, 0.2) is 0 Å². The van der Waals surface area contributed by atoms with Crippen LogP contribution in [0.4, 0.5) is 0 Å². The molecule has 3 aromatic heterocycles. The number of hydrogen-bond acceptors (Lipinski definition) is 2. The Morgan fingerprint density at radius 3 is 1.88 bits per heavy atom. The third kappa shape index (κ3) is 3.53. The Morgan fingerprint density at radius 2 is 1.26 bits per heavy atom. The fourth-order valence-corrected chi connectivity index (χ4v) is 5.53. The van der Waals surface area contributed by atoms with Gasteiger partial charge in [-0.1, -0.05) is 27.7 Å². The monoisotopic (exact) mass is 450 g/mol. The molecule has 0 aromatic carbocycles. The molecule has 0 amide bonds. The number of fused-ring (bicyclic) bond motifs is 8. The van der Waals surface area contributed by atoms with Crippen LogP contribution in [0.2, 0.25) is 0 Å². The predicted molar refractivity (Wildman–Crippen MR) is 145 cm³/mol. The van der Waals surface area contributed by atoms with Crippen LogP contribution in [0, 0.1) is 0 Å². The van der Waals surface area contributed by atoms with Crippen molar-refractivity contribution in [1.82, 2.24) is 19.1 Å². The molecule has 0 N–H and O–H groups in total. The maximum absolute atomic E-state index is 5.20. The Labute approximate surface area is 202 Å². The van der Waals surface area contributed by atoms with Crippen molar-refractivity contribution < 1.29 is 0 Å². The third-order valence-electron chi connectivity index (χ3n) is 7.30. The molecule has 3 aromatic rings. The largest absolute Gasteiger partial charge is 0.344 e. The molecule has 0 saturated carbocycles. The van der Waals surface area contributed by atoms with Crippen molar-refractivity contribution in [2.24, 2.45) is 14.1 Å². The van der Waals surface area contributed by atoms with Crippen LogP contribution in [0.25, 0.3) is 45.9 Å². The zero-order chi connectivity index (χ0) is 24.0. The molecule has 4 nitrogen and oxygen atoms in total. The standard InChI is InChI=1S/C30H34N4/c1-7-19-15-22-17-24-14-13-23(33(24)5)16-20-11-12-21(31-20)18-28-25(8-2)26(9-3)30(34(28)6)27(10-4)29(19)32-22/h11-18H,7-10H2,1-6H3. The second-order valence-electron chi connectivity index (χ2n) is 9.17. The minimum atomic E-state index is 0.943. The van der Waals surface area contributed by atoms with Crippen molar-refractivity contribution in [3.63, 3.8) is 0 Å². The van der Waals surface area contributed by atoms with E-state index >= 15 is 0 Å². The van der Waals surface area contributed by atoms with Crippen molar-refractivity contribution in [1.29, 1.82) is 0 Å². The van der Waals surface area contributed by atoms with E-state index in [-0.39, 0.29) is 0 Å². The number of allylic oxidation sites excluding steroid dienone is 1. The first-order valence-corrected chi connectivity index (χ1v) is 12.6. The van der Waals surface area contributed by atoms with E-state index in [4.69, 9.17) is 9.97 Å². The zero-order valence-electron chi connectivity index (χ0n) is 21.2. The summed E-state index contributed by atoms with van der Waals surface area (Å²) in [5.41, 5.74) is 14.6. The van der Waals surface area contributed by atoms with Gasteiger partial charge in [0.2, 0.25) is 0 Å². The van der Waals surface area contributed by atoms with E-state index in [9.17, 15) is 0 Å². The van der Waals surface area contributed by atoms with Gasteiger partial charge in [0.1, 0.15) is 0 Å². The first kappa shape index (κ1) is 22.4. The van der Waals surface area contributed by atoms with Crippen LogP contribution in [0.15, 0.2) is 30.3 Å². The molecule has 2 aliphatic rings. The Hall–Kier alpha value is -3.40. The SMILES string of the molecule is CCC1=Cc2cc3ccc(cc4nc(cc5c(CC)c(CC)c(c(CC)c1n2)n5C)C=C4)n3C. The molecule has 5 heterocycles. The fraction of sp³-hybridized carbons (Fsp3) is 0.333. The molecule has 4 heteroatoms. The molecule has 0 spiro atoms. The van der Waals surface area contributed by atoms with Crippen LogP contribution < -0.4 is 0 Å². The summed E-state index contributed by atoms with van der Waals surface area (Å²) in [7, 11) is 4.32. The van der Waals surface area contributed by atoms with E-state index in [0.717, 1.165) is 59.5 Å². The Balaban J connectivity index is 2.03. The number of hydrogen-bond donors (Lipinski definition) is 0. The van der Waals surface area contributed by atoms with Crippen molar-refractivity contribution in [2.75, 3.05) is 0 Å². The molecule has 174 valence electrons. The van der Waals surface area contributed by atoms with Crippen molar-refractivity contribution in [3.8, 4) is 0 Å². The summed E-state index contributed by atoms with van der Waals surface area (Å²) in [6.07, 6.45) is 10.4. The van der Waals surface area contributed by atoms with Crippen LogP contribution >= 0.6 is 0 Å². The molecule has 0 saturated heterocycles. The second kappa shape index (κ2) is 8.75. The van der Waals surface area contributed by atoms with Crippen LogP contribution in [-0.4, -0.2) is 19.1 Å². The molecule has 34 heavy (non-hydrogen) atoms. The van der Waals surface area contributed by atoms with E-state index < -0.39 is 0 Å². The topological polar surface area (TPSA) is 35.6 Å². The average Bonchev–Trinajstić information content (AvgIpc) is 3.59. The smallest absolute Gasteiger partial charge is 0.0722 e. The number of rotatable bonds is 4. The van der Waals surface area contributed by atoms with E-state index in [2.05, 4.69) is 99.5 Å². The normalized spacial score (nSPS) is 12.9. The molecular weight excluding hydrogens is 416 g/mol. The summed E-state index contributed by atoms with van der Waals surface area (Å²) in [4.78, 5) is 10.1. The number of aromatic nitrogens is 4. The maximum atomic E-state index is 5.20. The minimum Gasteiger partial charge on any atom is -0.344 e. The molecule has 0 unspecified atom stereocenters. The van der Waals surface area contributed by atoms with Crippen LogP contribution in [0.5, 0.6) is 0 Å². The van der Waals surface area contributed by atoms with E-state index in [1.165, 1.54) is 33.3 Å². The first-order chi connectivity index (χ1) is 16.5. The summed E-state index contributed by atoms with van der Waals surface area (Å²) in [6.45, 7) is 9.03. The number of aryl methyl sites for hydroxylation is 5. The van der Waals surface area contributed by atoms with Gasteiger partial charge in [-0.05, 0) is 90.9 Å². The quantitative estimate of drug-likeness (QED) is 0.331. The summed E-state index contributed by atoms with van der Waals surface area (Å²) in [5, 5.41) is 0. The van der Waals surface area contributed by atoms with Gasteiger partial charge in [-0.2, -0.15) is 0 Å². The maximum Gasteiger partial charge on any atom is 0.0722 e. The van der Waals surface area contributed by atoms with Crippen LogP contribution in [-0.2, 0) is 33.4 Å². The van der Waals surface area contributed by atoms with Crippen molar-refractivity contribution in [2.45, 2.75) is 53.4 Å². The predicted octanol–water partition coefficient (Wildman–Crippen LogP) is 7.14. The van der Waals surface area contributed by atoms with Crippen molar-refractivity contribution >= 4 is 45.9 Å². The zero-order valence-corrected chi connectivity index (χ0v) is 21.2. The summed E-state index contributed by atoms with van der Waals surface area (Å²) in [6, 6.07) is 10.9. The van der Waals surface area contributed by atoms with Crippen molar-refractivity contribution in [3.05, 3.63) is 69.8 Å². The summed E-state index contributed by atoms with van der Waals surface area (Å²) in [5.74, 6) is 0. The molecule has 0 atom stereocenters. The molecule has 0 aliphatic carbocycles. The molecular formula is C30H34N4. The highest BCUT2D eigenvalue weighted by Crippen LogP contribution is 2.34. The Morgan fingerprint density at radius 1 is 0.647 bits per heavy atom. The lowest BCUT2D eigenvalue weighted by Gasteiger charge is -2.09. The lowest BCUT2D eigenvalue weighted by atomic mass is 9.99. The highest BCUT2D eigenvalue weighted by molar-refractivity contribution is 5.88. The second-order valence-corrected chi connectivity index (χ2v) is 9.17. The van der Waals surface area contributed by atoms with Gasteiger partial charge in [0.25, 0.3) is 0 Å². The Bertz CT molecular complexity index is 1510. The van der Waals surface area contributed by atoms with Crippen LogP contribution in [0.3, 0.4) is 0 Å². The van der Waals surface area contributed by atoms with E-state index in [1.807, 2.05) is 0 Å². The lowest BCUT2D eigenvalue weighted by Crippen LogP contribution is -1.98. The molecule has 8 bridgehead atoms. The lowest BCUT2D eigenvalue weighted by molar-refractivity contribution is 0.973. The average molecular weight is 451 g/mol. The van der Waals surface area contributed by atoms with E-state index in [1.54, 1.807) is 0 Å². The van der Waals surface area contributed by atoms with Gasteiger partial charge >= 0.3 is 0 Å². The molecule has 5 rings (SSSR count). The number of nitrogens with zero attached hydrogens (tertiary/aromatic N) is 4. The minimum absolute atomic E-state index is 0.943. The Kier molecular flexibility index (Phi) is 5.76. The van der Waals surface area contributed by atoms with Crippen LogP contribution in [0.1, 0.15) is 73.6 Å². The van der Waals surface area contributed by atoms with Gasteiger partial charge in [-0.3, -0.25) is 0 Å². The van der Waals surface area contributed by atoms with E-state index in [0.29, 0.717) is 0 Å². The highest BCUT2D eigenvalue weighted by Gasteiger charge is 2.20. The summed E-state index contributed by atoms with van der Waals surface area (Å²) >= 11 is 0. The van der Waals surface area contributed by atoms with Gasteiger partial charge in [0, 0.05) is 41.7 Å². The van der Waals surface area contributed by atoms with Gasteiger partial charge in [-0.15, -0.1) is 0 Å². The third-order valence-corrected chi connectivity index (χ3v) is 7.30. The first-order valence-electron chi connectivity index (χ1n) is 12.6. The highest BCUT2D eigenvalue weighted by atomic mass is 15.0. The molecule has 0 fully saturated rings. The van der Waals surface area contributed by atoms with Gasteiger partial charge < -0.3 is 9.13 Å². The fourth-order valence-electron chi connectivity index (χ4n) is 5.53. The molecule has 0 radical (unpaired) electrons. The summed E-state index contributed by atoms with van der Waals surface area (Å²) < 4.78 is 4.60.